The molecule has 3 rings (SSSR count). The number of halogens is 1. The number of nitrogens with zero attached hydrogens (tertiary/aromatic N) is 2. The number of carbonyl (C=O) groups is 1. The van der Waals surface area contributed by atoms with Crippen LogP contribution in [-0.2, 0) is 11.3 Å². The average molecular weight is 349 g/mol. The van der Waals surface area contributed by atoms with Crippen LogP contribution in [0.15, 0.2) is 18.2 Å². The van der Waals surface area contributed by atoms with Gasteiger partial charge in [0.2, 0.25) is 0 Å². The van der Waals surface area contributed by atoms with Crippen LogP contribution in [0.5, 0.6) is 0 Å². The lowest BCUT2D eigenvalue weighted by molar-refractivity contribution is -0.139. The van der Waals surface area contributed by atoms with Gasteiger partial charge < -0.3 is 20.2 Å². The molecule has 2 fully saturated rings. The second kappa shape index (κ2) is 7.70. The lowest BCUT2D eigenvalue weighted by Gasteiger charge is -2.35. The van der Waals surface area contributed by atoms with Crippen molar-refractivity contribution >= 4 is 11.6 Å². The lowest BCUT2D eigenvalue weighted by Crippen LogP contribution is -2.46. The van der Waals surface area contributed by atoms with E-state index in [2.05, 4.69) is 22.0 Å². The minimum absolute atomic E-state index is 0.238. The summed E-state index contributed by atoms with van der Waals surface area (Å²) in [5.74, 6) is -0.596. The van der Waals surface area contributed by atoms with Gasteiger partial charge in [-0.05, 0) is 49.9 Å². The Kier molecular flexibility index (Phi) is 5.59. The van der Waals surface area contributed by atoms with Crippen molar-refractivity contribution in [3.63, 3.8) is 0 Å². The number of hydrogen-bond donors (Lipinski definition) is 2. The van der Waals surface area contributed by atoms with E-state index in [1.54, 1.807) is 6.07 Å². The number of benzene rings is 1. The number of piperazine rings is 1. The van der Waals surface area contributed by atoms with Gasteiger partial charge in [0.15, 0.2) is 0 Å². The fourth-order valence-electron chi connectivity index (χ4n) is 3.76. The van der Waals surface area contributed by atoms with Crippen LogP contribution in [0.4, 0.5) is 10.1 Å². The van der Waals surface area contributed by atoms with Gasteiger partial charge in [-0.2, -0.15) is 0 Å². The monoisotopic (exact) mass is 349 g/mol. The molecule has 2 aliphatic rings. The molecule has 0 atom stereocenters. The molecule has 0 unspecified atom stereocenters. The van der Waals surface area contributed by atoms with E-state index in [4.69, 9.17) is 0 Å². The van der Waals surface area contributed by atoms with Gasteiger partial charge in [-0.3, -0.25) is 4.79 Å². The number of likely N-dealkylation sites (N-methyl/N-ethyl adjacent to an activating group) is 1. The molecule has 1 saturated carbocycles. The third kappa shape index (κ3) is 4.12. The second-order valence-corrected chi connectivity index (χ2v) is 7.13. The van der Waals surface area contributed by atoms with Crippen molar-refractivity contribution in [2.75, 3.05) is 37.6 Å². The fourth-order valence-corrected chi connectivity index (χ4v) is 3.76. The molecular formula is C19H28FN3O2. The minimum Gasteiger partial charge on any atom is -0.380 e. The summed E-state index contributed by atoms with van der Waals surface area (Å²) < 4.78 is 14.5. The van der Waals surface area contributed by atoms with Crippen LogP contribution in [0, 0.1) is 5.82 Å². The Hall–Kier alpha value is -1.66. The Bertz CT molecular complexity index is 609. The van der Waals surface area contributed by atoms with Crippen LogP contribution < -0.4 is 10.2 Å². The molecule has 1 aromatic rings. The van der Waals surface area contributed by atoms with E-state index in [0.29, 0.717) is 24.1 Å². The Morgan fingerprint density at radius 3 is 2.52 bits per heavy atom. The van der Waals surface area contributed by atoms with Crippen molar-refractivity contribution in [1.82, 2.24) is 10.2 Å². The highest BCUT2D eigenvalue weighted by atomic mass is 19.1. The zero-order chi connectivity index (χ0) is 17.9. The van der Waals surface area contributed by atoms with Gasteiger partial charge in [0.25, 0.3) is 5.91 Å². The molecule has 138 valence electrons. The van der Waals surface area contributed by atoms with Crippen molar-refractivity contribution in [2.24, 2.45) is 0 Å². The number of anilines is 1. The van der Waals surface area contributed by atoms with E-state index in [1.807, 2.05) is 6.07 Å². The minimum atomic E-state index is -1.24. The third-order valence-corrected chi connectivity index (χ3v) is 5.48. The molecule has 25 heavy (non-hydrogen) atoms. The maximum absolute atomic E-state index is 14.5. The largest absolute Gasteiger partial charge is 0.380 e. The Morgan fingerprint density at radius 2 is 1.92 bits per heavy atom. The summed E-state index contributed by atoms with van der Waals surface area (Å²) in [6.07, 6.45) is 2.77. The quantitative estimate of drug-likeness (QED) is 0.852. The predicted molar refractivity (Wildman–Crippen MR) is 96.0 cm³/mol. The zero-order valence-electron chi connectivity index (χ0n) is 14.9. The molecular weight excluding hydrogens is 321 g/mol. The molecule has 0 bridgehead atoms. The topological polar surface area (TPSA) is 55.8 Å². The first-order valence-corrected chi connectivity index (χ1v) is 9.28. The molecule has 6 heteroatoms. The van der Waals surface area contributed by atoms with E-state index in [1.165, 1.54) is 6.07 Å². The lowest BCUT2D eigenvalue weighted by atomic mass is 10.0. The molecule has 1 aliphatic carbocycles. The summed E-state index contributed by atoms with van der Waals surface area (Å²) in [7, 11) is 0. The smallest absolute Gasteiger partial charge is 0.252 e. The molecule has 0 radical (unpaired) electrons. The normalized spacial score (nSPS) is 20.7. The summed E-state index contributed by atoms with van der Waals surface area (Å²) in [6, 6.07) is 5.13. The van der Waals surface area contributed by atoms with Gasteiger partial charge in [0.05, 0.1) is 5.69 Å². The number of carbonyl (C=O) groups excluding carboxylic acids is 1. The summed E-state index contributed by atoms with van der Waals surface area (Å²) >= 11 is 0. The maximum Gasteiger partial charge on any atom is 0.252 e. The van der Waals surface area contributed by atoms with E-state index < -0.39 is 5.60 Å². The standard InChI is InChI=1S/C19H28FN3O2/c1-2-22-9-11-23(12-10-22)17-6-5-15(13-16(17)20)14-21-18(24)19(25)7-3-4-8-19/h5-6,13,25H,2-4,7-12,14H2,1H3,(H,21,24). The molecule has 2 N–H and O–H groups in total. The Labute approximate surface area is 148 Å². The van der Waals surface area contributed by atoms with Gasteiger partial charge in [0.1, 0.15) is 11.4 Å². The highest BCUT2D eigenvalue weighted by molar-refractivity contribution is 5.85. The first-order chi connectivity index (χ1) is 12.0. The van der Waals surface area contributed by atoms with E-state index in [9.17, 15) is 14.3 Å². The molecule has 0 aromatic heterocycles. The highest BCUT2D eigenvalue weighted by Gasteiger charge is 2.38. The van der Waals surface area contributed by atoms with Crippen LogP contribution in [0.2, 0.25) is 0 Å². The van der Waals surface area contributed by atoms with Crippen LogP contribution in [-0.4, -0.2) is 54.2 Å². The first kappa shape index (κ1) is 18.1. The summed E-state index contributed by atoms with van der Waals surface area (Å²) in [5.41, 5.74) is 0.0981. The predicted octanol–water partition coefficient (Wildman–Crippen LogP) is 1.89. The fraction of sp³-hybridized carbons (Fsp3) is 0.632. The van der Waals surface area contributed by atoms with Gasteiger partial charge in [-0.25, -0.2) is 4.39 Å². The van der Waals surface area contributed by atoms with Crippen LogP contribution in [0.3, 0.4) is 0 Å². The summed E-state index contributed by atoms with van der Waals surface area (Å²) in [6.45, 7) is 6.96. The Balaban J connectivity index is 1.57. The molecule has 1 heterocycles. The number of rotatable bonds is 5. The summed E-state index contributed by atoms with van der Waals surface area (Å²) in [5, 5.41) is 13.0. The van der Waals surface area contributed by atoms with Crippen molar-refractivity contribution < 1.29 is 14.3 Å². The van der Waals surface area contributed by atoms with Crippen LogP contribution in [0.1, 0.15) is 38.2 Å². The van der Waals surface area contributed by atoms with Gasteiger partial charge in [-0.15, -0.1) is 0 Å². The first-order valence-electron chi connectivity index (χ1n) is 9.28. The van der Waals surface area contributed by atoms with Gasteiger partial charge in [-0.1, -0.05) is 13.0 Å². The van der Waals surface area contributed by atoms with Crippen molar-refractivity contribution in [1.29, 1.82) is 0 Å². The van der Waals surface area contributed by atoms with Crippen molar-refractivity contribution in [2.45, 2.75) is 44.8 Å². The average Bonchev–Trinajstić information content (AvgIpc) is 3.08. The van der Waals surface area contributed by atoms with Crippen molar-refractivity contribution in [3.8, 4) is 0 Å². The number of aliphatic hydroxyl groups is 1. The third-order valence-electron chi connectivity index (χ3n) is 5.48. The molecule has 5 nitrogen and oxygen atoms in total. The van der Waals surface area contributed by atoms with E-state index >= 15 is 0 Å². The molecule has 1 aliphatic heterocycles. The zero-order valence-corrected chi connectivity index (χ0v) is 14.9. The van der Waals surface area contributed by atoms with Crippen LogP contribution in [0.25, 0.3) is 0 Å². The van der Waals surface area contributed by atoms with Crippen LogP contribution >= 0.6 is 0 Å². The van der Waals surface area contributed by atoms with E-state index in [0.717, 1.165) is 45.6 Å². The van der Waals surface area contributed by atoms with E-state index in [-0.39, 0.29) is 18.3 Å². The van der Waals surface area contributed by atoms with Gasteiger partial charge in [0, 0.05) is 32.7 Å². The highest BCUT2D eigenvalue weighted by Crippen LogP contribution is 2.29. The molecule has 1 aromatic carbocycles. The van der Waals surface area contributed by atoms with Gasteiger partial charge >= 0.3 is 0 Å². The number of hydrogen-bond acceptors (Lipinski definition) is 4. The van der Waals surface area contributed by atoms with Crippen molar-refractivity contribution in [3.05, 3.63) is 29.6 Å². The number of nitrogens with one attached hydrogen (secondary N) is 1. The Morgan fingerprint density at radius 1 is 1.24 bits per heavy atom. The molecule has 0 spiro atoms. The SMILES string of the molecule is CCN1CCN(c2ccc(CNC(=O)C3(O)CCCC3)cc2F)CC1. The molecule has 1 amide bonds. The molecule has 1 saturated heterocycles. The number of amides is 1. The summed E-state index contributed by atoms with van der Waals surface area (Å²) in [4.78, 5) is 16.6. The maximum atomic E-state index is 14.5. The second-order valence-electron chi connectivity index (χ2n) is 7.13.